The molecule has 2 aliphatic rings. The number of carbonyl (C=O) groups excluding carboxylic acids is 1. The van der Waals surface area contributed by atoms with Crippen molar-refractivity contribution in [2.45, 2.75) is 64.6 Å². The number of nitrogens with one attached hydrogen (secondary N) is 1. The molecule has 0 radical (unpaired) electrons. The summed E-state index contributed by atoms with van der Waals surface area (Å²) in [6.07, 6.45) is 3.62. The summed E-state index contributed by atoms with van der Waals surface area (Å²) in [5.74, 6) is 2.54. The fourth-order valence-electron chi connectivity index (χ4n) is 5.79. The van der Waals surface area contributed by atoms with E-state index in [9.17, 15) is 9.59 Å². The lowest BCUT2D eigenvalue weighted by Gasteiger charge is -2.34. The third kappa shape index (κ3) is 7.22. The van der Waals surface area contributed by atoms with Gasteiger partial charge in [-0.05, 0) is 99.9 Å². The number of fused-ring (bicyclic) bond motifs is 1. The van der Waals surface area contributed by atoms with Gasteiger partial charge in [0.2, 0.25) is 0 Å². The van der Waals surface area contributed by atoms with E-state index in [1.807, 2.05) is 69.3 Å². The Morgan fingerprint density at radius 2 is 1.78 bits per heavy atom. The number of likely N-dealkylation sites (tertiary alicyclic amines) is 1. The maximum Gasteiger partial charge on any atom is 0.410 e. The topological polar surface area (TPSA) is 129 Å². The van der Waals surface area contributed by atoms with E-state index >= 15 is 0 Å². The summed E-state index contributed by atoms with van der Waals surface area (Å²) < 4.78 is 23.8. The Morgan fingerprint density at radius 3 is 2.48 bits per heavy atom. The molecule has 6 rings (SSSR count). The van der Waals surface area contributed by atoms with Crippen molar-refractivity contribution in [1.82, 2.24) is 14.9 Å². The molecular weight excluding hydrogens is 584 g/mol. The molecule has 1 unspecified atom stereocenters. The zero-order valence-corrected chi connectivity index (χ0v) is 26.9. The Kier molecular flexibility index (Phi) is 8.80. The largest absolute Gasteiger partial charge is 0.497 e. The lowest BCUT2D eigenvalue weighted by Crippen LogP contribution is -2.42. The van der Waals surface area contributed by atoms with Gasteiger partial charge in [0.05, 0.1) is 30.7 Å². The van der Waals surface area contributed by atoms with Gasteiger partial charge in [-0.1, -0.05) is 18.2 Å². The van der Waals surface area contributed by atoms with E-state index in [0.717, 1.165) is 47.9 Å². The van der Waals surface area contributed by atoms with Gasteiger partial charge in [0, 0.05) is 24.4 Å². The van der Waals surface area contributed by atoms with Crippen LogP contribution >= 0.6 is 0 Å². The first kappa shape index (κ1) is 31.3. The molecular formula is C36H42N4O6. The number of nitrogens with zero attached hydrogens (tertiary/aromatic N) is 2. The maximum atomic E-state index is 13.1. The number of rotatable bonds is 9. The summed E-state index contributed by atoms with van der Waals surface area (Å²) >= 11 is 0. The van der Waals surface area contributed by atoms with E-state index in [0.29, 0.717) is 60.6 Å². The van der Waals surface area contributed by atoms with Crippen LogP contribution in [0.15, 0.2) is 59.4 Å². The zero-order chi connectivity index (χ0) is 32.4. The van der Waals surface area contributed by atoms with Crippen molar-refractivity contribution in [3.8, 4) is 28.5 Å². The summed E-state index contributed by atoms with van der Waals surface area (Å²) in [4.78, 5) is 35.4. The number of hydrogen-bond acceptors (Lipinski definition) is 8. The Balaban J connectivity index is 1.42. The van der Waals surface area contributed by atoms with Crippen LogP contribution in [0.25, 0.3) is 22.3 Å². The van der Waals surface area contributed by atoms with Gasteiger partial charge in [-0.15, -0.1) is 0 Å². The molecule has 1 aliphatic carbocycles. The number of methoxy groups -OCH3 is 1. The summed E-state index contributed by atoms with van der Waals surface area (Å²) in [6.45, 7) is 7.61. The Bertz CT molecular complexity index is 1770. The number of anilines is 1. The molecule has 1 saturated carbocycles. The fraction of sp³-hybridized carbons (Fsp3) is 0.417. The minimum absolute atomic E-state index is 0.0426. The van der Waals surface area contributed by atoms with Gasteiger partial charge in [0.1, 0.15) is 35.1 Å². The lowest BCUT2D eigenvalue weighted by molar-refractivity contribution is 0.0198. The van der Waals surface area contributed by atoms with Gasteiger partial charge in [-0.25, -0.2) is 9.78 Å². The molecule has 46 heavy (non-hydrogen) atoms. The summed E-state index contributed by atoms with van der Waals surface area (Å²) in [7, 11) is 1.64. The molecule has 10 heteroatoms. The normalized spacial score (nSPS) is 16.7. The highest BCUT2D eigenvalue weighted by Gasteiger charge is 2.31. The molecule has 242 valence electrons. The van der Waals surface area contributed by atoms with Gasteiger partial charge in [-0.3, -0.25) is 4.79 Å². The second kappa shape index (κ2) is 12.9. The number of benzene rings is 2. The summed E-state index contributed by atoms with van der Waals surface area (Å²) in [6, 6.07) is 17.2. The monoisotopic (exact) mass is 626 g/mol. The molecule has 10 nitrogen and oxygen atoms in total. The molecule has 2 aromatic heterocycles. The Labute approximate surface area is 268 Å². The second-order valence-electron chi connectivity index (χ2n) is 13.2. The van der Waals surface area contributed by atoms with Gasteiger partial charge >= 0.3 is 6.09 Å². The van der Waals surface area contributed by atoms with Crippen molar-refractivity contribution in [1.29, 1.82) is 0 Å². The number of carbonyl (C=O) groups is 1. The third-order valence-electron chi connectivity index (χ3n) is 8.37. The van der Waals surface area contributed by atoms with Crippen LogP contribution in [0, 0.1) is 5.92 Å². The van der Waals surface area contributed by atoms with Gasteiger partial charge in [-0.2, -0.15) is 0 Å². The smallest absolute Gasteiger partial charge is 0.410 e. The van der Waals surface area contributed by atoms with E-state index in [1.54, 1.807) is 18.1 Å². The van der Waals surface area contributed by atoms with E-state index in [4.69, 9.17) is 29.7 Å². The fourth-order valence-corrected chi connectivity index (χ4v) is 5.79. The first-order valence-electron chi connectivity index (χ1n) is 15.9. The molecule has 4 aromatic rings. The number of aromatic amines is 1. The predicted molar refractivity (Wildman–Crippen MR) is 178 cm³/mol. The first-order chi connectivity index (χ1) is 22.1. The number of nitrogen functional groups attached to an aromatic ring is 1. The van der Waals surface area contributed by atoms with Crippen molar-refractivity contribution >= 4 is 22.8 Å². The van der Waals surface area contributed by atoms with Crippen LogP contribution in [0.3, 0.4) is 0 Å². The van der Waals surface area contributed by atoms with Crippen molar-refractivity contribution in [3.63, 3.8) is 0 Å². The minimum atomic E-state index is -0.596. The van der Waals surface area contributed by atoms with Gasteiger partial charge in [0.15, 0.2) is 0 Å². The third-order valence-corrected chi connectivity index (χ3v) is 8.37. The van der Waals surface area contributed by atoms with Crippen molar-refractivity contribution in [2.75, 3.05) is 32.5 Å². The van der Waals surface area contributed by atoms with Crippen LogP contribution in [-0.4, -0.2) is 53.4 Å². The quantitative estimate of drug-likeness (QED) is 0.211. The van der Waals surface area contributed by atoms with Crippen LogP contribution in [0.5, 0.6) is 17.2 Å². The van der Waals surface area contributed by atoms with E-state index in [1.165, 1.54) is 0 Å². The maximum absolute atomic E-state index is 13.1. The number of aromatic nitrogens is 2. The standard InChI is InChI=1S/C36H42N4O6/c1-36(2,3)46-35(42)40-16-6-7-24(19-40)26-18-29(38-33-27(26)17-28(37)34(41)39-33)32-30(44-20-22-10-11-22)8-5-9-31(32)45-21-23-12-14-25(43-4)15-13-23/h5,8-9,12-15,17-18,22,24H,6-7,10-11,16,19-21,37H2,1-4H3,(H,38,39,41). The summed E-state index contributed by atoms with van der Waals surface area (Å²) in [5.41, 5.74) is 8.86. The first-order valence-corrected chi connectivity index (χ1v) is 15.9. The van der Waals surface area contributed by atoms with Crippen molar-refractivity contribution < 1.29 is 23.7 Å². The molecule has 0 bridgehead atoms. The number of amides is 1. The molecule has 1 saturated heterocycles. The van der Waals surface area contributed by atoms with E-state index in [2.05, 4.69) is 4.98 Å². The molecule has 0 spiro atoms. The van der Waals surface area contributed by atoms with Crippen LogP contribution in [-0.2, 0) is 11.3 Å². The van der Waals surface area contributed by atoms with Crippen LogP contribution in [0.2, 0.25) is 0 Å². The number of hydrogen-bond donors (Lipinski definition) is 2. The predicted octanol–water partition coefficient (Wildman–Crippen LogP) is 6.66. The number of pyridine rings is 2. The minimum Gasteiger partial charge on any atom is -0.497 e. The summed E-state index contributed by atoms with van der Waals surface area (Å²) in [5, 5.41) is 0.744. The highest BCUT2D eigenvalue weighted by molar-refractivity contribution is 5.87. The Morgan fingerprint density at radius 1 is 1.04 bits per heavy atom. The highest BCUT2D eigenvalue weighted by atomic mass is 16.6. The molecule has 3 heterocycles. The van der Waals surface area contributed by atoms with E-state index < -0.39 is 11.2 Å². The number of H-pyrrole nitrogens is 1. The number of ether oxygens (including phenoxy) is 4. The molecule has 2 aromatic carbocycles. The van der Waals surface area contributed by atoms with Gasteiger partial charge < -0.3 is 34.6 Å². The van der Waals surface area contributed by atoms with Crippen LogP contribution in [0.4, 0.5) is 10.5 Å². The Hall–Kier alpha value is -4.73. The molecule has 1 amide bonds. The molecule has 3 N–H and O–H groups in total. The van der Waals surface area contributed by atoms with Crippen LogP contribution in [0.1, 0.15) is 63.5 Å². The van der Waals surface area contributed by atoms with Crippen molar-refractivity contribution in [2.24, 2.45) is 5.92 Å². The number of piperidine rings is 1. The zero-order valence-electron chi connectivity index (χ0n) is 26.9. The van der Waals surface area contributed by atoms with Gasteiger partial charge in [0.25, 0.3) is 5.56 Å². The van der Waals surface area contributed by atoms with Crippen molar-refractivity contribution in [3.05, 3.63) is 76.1 Å². The number of nitrogens with two attached hydrogens (primary N) is 1. The molecule has 1 atom stereocenters. The lowest BCUT2D eigenvalue weighted by atomic mass is 9.88. The average Bonchev–Trinajstić information content (AvgIpc) is 3.87. The molecule has 2 fully saturated rings. The van der Waals surface area contributed by atoms with Crippen LogP contribution < -0.4 is 25.5 Å². The SMILES string of the molecule is COc1ccc(COc2cccc(OCC3CC3)c2-c2cc(C3CCCN(C(=O)OC(C)(C)C)C3)c3cc(N)c(=O)[nH]c3n2)cc1. The molecule has 1 aliphatic heterocycles. The average molecular weight is 627 g/mol. The highest BCUT2D eigenvalue weighted by Crippen LogP contribution is 2.42. The van der Waals surface area contributed by atoms with E-state index in [-0.39, 0.29) is 17.7 Å². The second-order valence-corrected chi connectivity index (χ2v) is 13.2.